The Labute approximate surface area is 102 Å². The van der Waals surface area contributed by atoms with E-state index >= 15 is 0 Å². The number of unbranched alkanes of at least 4 members (excludes halogenated alkanes) is 3. The minimum atomic E-state index is -1.38. The van der Waals surface area contributed by atoms with E-state index in [0.29, 0.717) is 0 Å². The average molecular weight is 240 g/mol. The summed E-state index contributed by atoms with van der Waals surface area (Å²) in [5.41, 5.74) is 0. The molecule has 1 nitrogen and oxygen atoms in total. The van der Waals surface area contributed by atoms with Crippen LogP contribution >= 0.6 is 0 Å². The third kappa shape index (κ3) is 7.89. The van der Waals surface area contributed by atoms with Crippen molar-refractivity contribution in [2.45, 2.75) is 72.0 Å². The van der Waals surface area contributed by atoms with Gasteiger partial charge < -0.3 is 0 Å². The molecule has 94 valence electrons. The van der Waals surface area contributed by atoms with E-state index in [4.69, 9.17) is 0 Å². The number of carbonyl (C=O) groups excluding carboxylic acids is 1. The number of rotatable bonds is 8. The summed E-state index contributed by atoms with van der Waals surface area (Å²) < 4.78 is 0. The highest BCUT2D eigenvalue weighted by atomic mass is 28.3. The van der Waals surface area contributed by atoms with Crippen molar-refractivity contribution in [2.75, 3.05) is 0 Å². The van der Waals surface area contributed by atoms with Crippen molar-refractivity contribution >= 4 is 14.0 Å². The van der Waals surface area contributed by atoms with Gasteiger partial charge in [0.25, 0.3) is 0 Å². The molecule has 0 fully saturated rings. The van der Waals surface area contributed by atoms with Gasteiger partial charge in [-0.25, -0.2) is 4.79 Å². The van der Waals surface area contributed by atoms with E-state index in [9.17, 15) is 4.79 Å². The summed E-state index contributed by atoms with van der Waals surface area (Å²) >= 11 is 0. The Bertz CT molecular complexity index is 232. The summed E-state index contributed by atoms with van der Waals surface area (Å²) in [5, 5.41) is 1.08. The van der Waals surface area contributed by atoms with Gasteiger partial charge in [0.05, 0.1) is 8.07 Å². The Balaban J connectivity index is 3.63. The molecule has 0 N–H and O–H groups in total. The standard InChI is InChI=1S/C14H28OSi/c1-13(2)10-8-6-7-9-11-14(12-15)16(3,4)5/h13H,6-11H2,1-5H3. The van der Waals surface area contributed by atoms with Crippen LogP contribution in [0.3, 0.4) is 0 Å². The van der Waals surface area contributed by atoms with Crippen LogP contribution in [0.5, 0.6) is 0 Å². The molecule has 16 heavy (non-hydrogen) atoms. The second-order valence-corrected chi connectivity index (χ2v) is 11.3. The van der Waals surface area contributed by atoms with E-state index in [1.54, 1.807) is 0 Å². The molecular weight excluding hydrogens is 212 g/mol. The van der Waals surface area contributed by atoms with Gasteiger partial charge in [-0.3, -0.25) is 0 Å². The molecule has 0 bridgehead atoms. The molecule has 0 saturated carbocycles. The molecule has 2 heteroatoms. The van der Waals surface area contributed by atoms with E-state index in [1.165, 1.54) is 32.1 Å². The highest BCUT2D eigenvalue weighted by Gasteiger charge is 2.19. The van der Waals surface area contributed by atoms with Gasteiger partial charge in [-0.2, -0.15) is 0 Å². The third-order valence-electron chi connectivity index (χ3n) is 2.99. The summed E-state index contributed by atoms with van der Waals surface area (Å²) in [5.74, 6) is 3.01. The molecular formula is C14H28OSi. The largest absolute Gasteiger partial charge is 0.234 e. The fourth-order valence-corrected chi connectivity index (χ4v) is 3.02. The zero-order valence-corrected chi connectivity index (χ0v) is 12.7. The maximum absolute atomic E-state index is 10.8. The first-order chi connectivity index (χ1) is 7.38. The molecule has 0 rings (SSSR count). The highest BCUT2D eigenvalue weighted by Crippen LogP contribution is 2.19. The third-order valence-corrected chi connectivity index (χ3v) is 5.15. The Morgan fingerprint density at radius 1 is 1.06 bits per heavy atom. The Morgan fingerprint density at radius 2 is 1.62 bits per heavy atom. The Morgan fingerprint density at radius 3 is 2.06 bits per heavy atom. The molecule has 0 unspecified atom stereocenters. The highest BCUT2D eigenvalue weighted by molar-refractivity contribution is 6.84. The van der Waals surface area contributed by atoms with Crippen LogP contribution in [0.4, 0.5) is 0 Å². The van der Waals surface area contributed by atoms with Crippen molar-refractivity contribution in [1.29, 1.82) is 0 Å². The molecule has 0 aromatic rings. The van der Waals surface area contributed by atoms with Crippen LogP contribution in [0, 0.1) is 5.92 Å². The Kier molecular flexibility index (Phi) is 7.70. The fourth-order valence-electron chi connectivity index (χ4n) is 1.79. The van der Waals surface area contributed by atoms with Gasteiger partial charge in [0.1, 0.15) is 5.94 Å². The molecule has 0 aromatic carbocycles. The maximum atomic E-state index is 10.8. The average Bonchev–Trinajstić information content (AvgIpc) is 2.14. The number of hydrogen-bond donors (Lipinski definition) is 0. The van der Waals surface area contributed by atoms with E-state index in [0.717, 1.165) is 17.5 Å². The number of hydrogen-bond acceptors (Lipinski definition) is 1. The number of allylic oxidation sites excluding steroid dienone is 1. The molecule has 0 spiro atoms. The van der Waals surface area contributed by atoms with Crippen molar-refractivity contribution in [3.05, 3.63) is 5.20 Å². The molecule has 0 amide bonds. The Hall–Kier alpha value is -0.333. The van der Waals surface area contributed by atoms with E-state index in [2.05, 4.69) is 39.4 Å². The molecule has 0 aliphatic carbocycles. The van der Waals surface area contributed by atoms with E-state index < -0.39 is 8.07 Å². The summed E-state index contributed by atoms with van der Waals surface area (Å²) in [7, 11) is -1.38. The first-order valence-corrected chi connectivity index (χ1v) is 10.1. The van der Waals surface area contributed by atoms with Crippen LogP contribution in [0.2, 0.25) is 19.6 Å². The van der Waals surface area contributed by atoms with Crippen LogP contribution in [-0.2, 0) is 4.79 Å². The zero-order chi connectivity index (χ0) is 12.6. The monoisotopic (exact) mass is 240 g/mol. The zero-order valence-electron chi connectivity index (χ0n) is 11.7. The molecule has 0 heterocycles. The van der Waals surface area contributed by atoms with Gasteiger partial charge in [0, 0.05) is 0 Å². The summed E-state index contributed by atoms with van der Waals surface area (Å²) in [6.07, 6.45) is 7.42. The topological polar surface area (TPSA) is 17.1 Å². The van der Waals surface area contributed by atoms with Gasteiger partial charge in [0.15, 0.2) is 0 Å². The van der Waals surface area contributed by atoms with Crippen molar-refractivity contribution in [3.63, 3.8) is 0 Å². The normalized spacial score (nSPS) is 11.6. The molecule has 0 radical (unpaired) electrons. The van der Waals surface area contributed by atoms with E-state index in [-0.39, 0.29) is 0 Å². The lowest BCUT2D eigenvalue weighted by Gasteiger charge is -2.16. The van der Waals surface area contributed by atoms with Gasteiger partial charge in [-0.1, -0.05) is 59.2 Å². The quantitative estimate of drug-likeness (QED) is 0.344. The van der Waals surface area contributed by atoms with Gasteiger partial charge in [-0.15, -0.1) is 0 Å². The lowest BCUT2D eigenvalue weighted by Crippen LogP contribution is -2.24. The molecule has 0 atom stereocenters. The van der Waals surface area contributed by atoms with Crippen molar-refractivity contribution in [2.24, 2.45) is 5.92 Å². The summed E-state index contributed by atoms with van der Waals surface area (Å²) in [6, 6.07) is 0. The smallest absolute Gasteiger partial charge is 0.119 e. The first-order valence-electron chi connectivity index (χ1n) is 6.62. The van der Waals surface area contributed by atoms with Crippen LogP contribution in [0.25, 0.3) is 0 Å². The van der Waals surface area contributed by atoms with Crippen molar-refractivity contribution < 1.29 is 4.79 Å². The molecule has 0 aliphatic heterocycles. The van der Waals surface area contributed by atoms with Gasteiger partial charge in [0.2, 0.25) is 0 Å². The summed E-state index contributed by atoms with van der Waals surface area (Å²) in [4.78, 5) is 10.8. The minimum absolute atomic E-state index is 0.826. The van der Waals surface area contributed by atoms with Crippen molar-refractivity contribution in [1.82, 2.24) is 0 Å². The molecule has 0 aromatic heterocycles. The molecule has 0 saturated heterocycles. The van der Waals surface area contributed by atoms with Crippen LogP contribution < -0.4 is 0 Å². The van der Waals surface area contributed by atoms with Crippen LogP contribution in [-0.4, -0.2) is 14.0 Å². The lowest BCUT2D eigenvalue weighted by atomic mass is 10.0. The van der Waals surface area contributed by atoms with Gasteiger partial charge >= 0.3 is 0 Å². The van der Waals surface area contributed by atoms with Gasteiger partial charge in [-0.05, 0) is 24.0 Å². The molecule has 0 aliphatic rings. The lowest BCUT2D eigenvalue weighted by molar-refractivity contribution is 0.520. The minimum Gasteiger partial charge on any atom is -0.234 e. The summed E-state index contributed by atoms with van der Waals surface area (Å²) in [6.45, 7) is 11.2. The van der Waals surface area contributed by atoms with E-state index in [1.807, 2.05) is 0 Å². The first kappa shape index (κ1) is 15.7. The van der Waals surface area contributed by atoms with Crippen LogP contribution in [0.1, 0.15) is 52.4 Å². The second-order valence-electron chi connectivity index (χ2n) is 6.18. The fraction of sp³-hybridized carbons (Fsp3) is 0.857. The SMILES string of the molecule is CC(C)CCCCCCC(=C=O)[Si](C)(C)C. The predicted molar refractivity (Wildman–Crippen MR) is 75.1 cm³/mol. The second kappa shape index (κ2) is 7.86. The van der Waals surface area contributed by atoms with Crippen LogP contribution in [0.15, 0.2) is 5.20 Å². The maximum Gasteiger partial charge on any atom is 0.119 e. The predicted octanol–water partition coefficient (Wildman–Crippen LogP) is 4.62. The van der Waals surface area contributed by atoms with Crippen molar-refractivity contribution in [3.8, 4) is 0 Å².